The number of ether oxygens (including phenoxy) is 2. The normalized spacial score (nSPS) is 13.0. The minimum absolute atomic E-state index is 0.199. The van der Waals surface area contributed by atoms with Crippen molar-refractivity contribution in [1.29, 1.82) is 0 Å². The summed E-state index contributed by atoms with van der Waals surface area (Å²) in [6.07, 6.45) is 14.4. The van der Waals surface area contributed by atoms with E-state index in [-0.39, 0.29) is 11.9 Å². The average molecular weight is 445 g/mol. The van der Waals surface area contributed by atoms with Crippen LogP contribution in [-0.2, 0) is 19.1 Å². The van der Waals surface area contributed by atoms with Crippen LogP contribution in [0.15, 0.2) is 0 Å². The third-order valence-corrected chi connectivity index (χ3v) is 5.21. The number of hydrogen-bond acceptors (Lipinski definition) is 8. The van der Waals surface area contributed by atoms with Crippen molar-refractivity contribution in [3.05, 3.63) is 0 Å². The molecule has 0 rings (SSSR count). The van der Waals surface area contributed by atoms with E-state index in [1.54, 1.807) is 0 Å². The Kier molecular flexibility index (Phi) is 21.1. The second-order valence-corrected chi connectivity index (χ2v) is 8.31. The van der Waals surface area contributed by atoms with Crippen LogP contribution in [0.2, 0.25) is 0 Å². The lowest BCUT2D eigenvalue weighted by Crippen LogP contribution is -2.27. The van der Waals surface area contributed by atoms with Gasteiger partial charge in [-0.2, -0.15) is 0 Å². The molecule has 8 N–H and O–H groups in total. The van der Waals surface area contributed by atoms with Gasteiger partial charge in [0.2, 0.25) is 0 Å². The molecule has 2 unspecified atom stereocenters. The summed E-state index contributed by atoms with van der Waals surface area (Å²) in [7, 11) is 0. The van der Waals surface area contributed by atoms with E-state index in [9.17, 15) is 9.59 Å². The number of esters is 2. The van der Waals surface area contributed by atoms with Gasteiger partial charge in [0.25, 0.3) is 0 Å². The first-order valence-electron chi connectivity index (χ1n) is 12.3. The molecule has 2 atom stereocenters. The van der Waals surface area contributed by atoms with Crippen LogP contribution in [0, 0.1) is 0 Å². The molecular formula is C23H48N4O4. The van der Waals surface area contributed by atoms with Crippen molar-refractivity contribution in [2.45, 2.75) is 122 Å². The zero-order valence-corrected chi connectivity index (χ0v) is 19.5. The second kappa shape index (κ2) is 22.0. The molecule has 31 heavy (non-hydrogen) atoms. The van der Waals surface area contributed by atoms with Gasteiger partial charge in [-0.1, -0.05) is 44.9 Å². The Morgan fingerprint density at radius 2 is 0.839 bits per heavy atom. The van der Waals surface area contributed by atoms with E-state index in [1.807, 2.05) is 0 Å². The Labute approximate surface area is 189 Å². The second-order valence-electron chi connectivity index (χ2n) is 8.31. The molecule has 0 aromatic rings. The smallest absolute Gasteiger partial charge is 0.307 e. The fraction of sp³-hybridized carbons (Fsp3) is 0.913. The van der Waals surface area contributed by atoms with E-state index in [4.69, 9.17) is 32.4 Å². The van der Waals surface area contributed by atoms with Crippen LogP contribution in [0.3, 0.4) is 0 Å². The predicted octanol–water partition coefficient (Wildman–Crippen LogP) is 3.19. The molecule has 0 heterocycles. The van der Waals surface area contributed by atoms with Crippen molar-refractivity contribution in [1.82, 2.24) is 0 Å². The van der Waals surface area contributed by atoms with Gasteiger partial charge in [0, 0.05) is 12.8 Å². The first-order chi connectivity index (χ1) is 15.0. The van der Waals surface area contributed by atoms with Crippen molar-refractivity contribution in [3.8, 4) is 0 Å². The van der Waals surface area contributed by atoms with Crippen LogP contribution in [-0.4, -0.2) is 37.5 Å². The lowest BCUT2D eigenvalue weighted by molar-refractivity contribution is -0.150. The summed E-state index contributed by atoms with van der Waals surface area (Å²) in [5, 5.41) is 0. The highest BCUT2D eigenvalue weighted by Gasteiger charge is 2.10. The molecular weight excluding hydrogens is 396 g/mol. The SMILES string of the molecule is NCCCCC(N)OC(=O)CCCCCCCCCCCC(=O)OC(N)CCCCN. The van der Waals surface area contributed by atoms with Gasteiger partial charge in [-0.05, 0) is 64.5 Å². The Balaban J connectivity index is 3.39. The maximum absolute atomic E-state index is 11.7. The monoisotopic (exact) mass is 444 g/mol. The van der Waals surface area contributed by atoms with Gasteiger partial charge in [-0.3, -0.25) is 21.1 Å². The van der Waals surface area contributed by atoms with Gasteiger partial charge in [-0.15, -0.1) is 0 Å². The molecule has 0 fully saturated rings. The topological polar surface area (TPSA) is 157 Å². The van der Waals surface area contributed by atoms with Crippen molar-refractivity contribution < 1.29 is 19.1 Å². The van der Waals surface area contributed by atoms with E-state index < -0.39 is 12.5 Å². The van der Waals surface area contributed by atoms with Gasteiger partial charge in [0.1, 0.15) is 0 Å². The molecule has 0 saturated heterocycles. The minimum Gasteiger partial charge on any atom is -0.447 e. The molecule has 0 aliphatic heterocycles. The Hall–Kier alpha value is -1.22. The summed E-state index contributed by atoms with van der Waals surface area (Å²) in [4.78, 5) is 23.4. The molecule has 0 radical (unpaired) electrons. The first kappa shape index (κ1) is 29.8. The van der Waals surface area contributed by atoms with Crippen molar-refractivity contribution in [3.63, 3.8) is 0 Å². The average Bonchev–Trinajstić information content (AvgIpc) is 2.72. The summed E-state index contributed by atoms with van der Waals surface area (Å²) < 4.78 is 10.4. The number of carbonyl (C=O) groups excluding carboxylic acids is 2. The molecule has 0 aliphatic carbocycles. The van der Waals surface area contributed by atoms with E-state index in [0.717, 1.165) is 64.2 Å². The fourth-order valence-corrected chi connectivity index (χ4v) is 3.33. The van der Waals surface area contributed by atoms with Crippen molar-refractivity contribution in [2.24, 2.45) is 22.9 Å². The minimum atomic E-state index is -0.501. The van der Waals surface area contributed by atoms with Gasteiger partial charge in [0.15, 0.2) is 12.5 Å². The Morgan fingerprint density at radius 1 is 0.516 bits per heavy atom. The third kappa shape index (κ3) is 21.8. The summed E-state index contributed by atoms with van der Waals surface area (Å²) >= 11 is 0. The lowest BCUT2D eigenvalue weighted by atomic mass is 10.1. The highest BCUT2D eigenvalue weighted by Crippen LogP contribution is 2.12. The summed E-state index contributed by atoms with van der Waals surface area (Å²) in [5.74, 6) is -0.398. The Morgan fingerprint density at radius 3 is 1.16 bits per heavy atom. The van der Waals surface area contributed by atoms with Gasteiger partial charge >= 0.3 is 11.9 Å². The molecule has 0 aliphatic rings. The van der Waals surface area contributed by atoms with E-state index >= 15 is 0 Å². The van der Waals surface area contributed by atoms with Crippen LogP contribution < -0.4 is 22.9 Å². The standard InChI is InChI=1S/C23H48N4O4/c24-18-12-10-14-20(26)30-22(28)16-8-6-4-2-1-3-5-7-9-17-23(29)31-21(27)15-11-13-19-25/h20-21H,1-19,24-27H2. The third-order valence-electron chi connectivity index (χ3n) is 5.21. The number of unbranched alkanes of at least 4 members (excludes halogenated alkanes) is 10. The lowest BCUT2D eigenvalue weighted by Gasteiger charge is -2.12. The van der Waals surface area contributed by atoms with E-state index in [2.05, 4.69) is 0 Å². The van der Waals surface area contributed by atoms with Gasteiger partial charge in [0.05, 0.1) is 0 Å². The quantitative estimate of drug-likeness (QED) is 0.113. The summed E-state index contributed by atoms with van der Waals surface area (Å²) in [5.41, 5.74) is 22.4. The van der Waals surface area contributed by atoms with Crippen LogP contribution >= 0.6 is 0 Å². The number of carbonyl (C=O) groups is 2. The maximum Gasteiger partial charge on any atom is 0.307 e. The highest BCUT2D eigenvalue weighted by molar-refractivity contribution is 5.69. The van der Waals surface area contributed by atoms with Crippen LogP contribution in [0.1, 0.15) is 109 Å². The fourth-order valence-electron chi connectivity index (χ4n) is 3.33. The molecule has 0 bridgehead atoms. The number of nitrogens with two attached hydrogens (primary N) is 4. The molecule has 0 amide bonds. The Bertz CT molecular complexity index is 400. The summed E-state index contributed by atoms with van der Waals surface area (Å²) in [6, 6.07) is 0. The van der Waals surface area contributed by atoms with Gasteiger partial charge < -0.3 is 20.9 Å². The first-order valence-corrected chi connectivity index (χ1v) is 12.3. The molecule has 8 nitrogen and oxygen atoms in total. The zero-order chi connectivity index (χ0) is 23.2. The van der Waals surface area contributed by atoms with Crippen LogP contribution in [0.5, 0.6) is 0 Å². The molecule has 184 valence electrons. The van der Waals surface area contributed by atoms with Crippen molar-refractivity contribution >= 4 is 11.9 Å². The van der Waals surface area contributed by atoms with Crippen LogP contribution in [0.25, 0.3) is 0 Å². The van der Waals surface area contributed by atoms with Gasteiger partial charge in [-0.25, -0.2) is 0 Å². The number of hydrogen-bond donors (Lipinski definition) is 4. The molecule has 0 saturated carbocycles. The van der Waals surface area contributed by atoms with Crippen molar-refractivity contribution in [2.75, 3.05) is 13.1 Å². The number of rotatable bonds is 22. The molecule has 0 aromatic heterocycles. The van der Waals surface area contributed by atoms with E-state index in [0.29, 0.717) is 38.8 Å². The highest BCUT2D eigenvalue weighted by atomic mass is 16.6. The molecule has 0 aromatic carbocycles. The summed E-state index contributed by atoms with van der Waals surface area (Å²) in [6.45, 7) is 1.28. The molecule has 0 spiro atoms. The molecule has 8 heteroatoms. The zero-order valence-electron chi connectivity index (χ0n) is 19.5. The van der Waals surface area contributed by atoms with Crippen LogP contribution in [0.4, 0.5) is 0 Å². The largest absolute Gasteiger partial charge is 0.447 e. The predicted molar refractivity (Wildman–Crippen MR) is 125 cm³/mol. The van der Waals surface area contributed by atoms with E-state index in [1.165, 1.54) is 19.3 Å². The maximum atomic E-state index is 11.7.